The van der Waals surface area contributed by atoms with Gasteiger partial charge in [-0.15, -0.1) is 0 Å². The van der Waals surface area contributed by atoms with Gasteiger partial charge in [0.25, 0.3) is 5.91 Å². The highest BCUT2D eigenvalue weighted by atomic mass is 16.4. The maximum absolute atomic E-state index is 12.9. The van der Waals surface area contributed by atoms with Gasteiger partial charge in [-0.05, 0) is 43.0 Å². The molecule has 1 aliphatic carbocycles. The summed E-state index contributed by atoms with van der Waals surface area (Å²) in [5, 5.41) is 9.12. The van der Waals surface area contributed by atoms with Crippen molar-refractivity contribution in [2.24, 2.45) is 5.92 Å². The maximum atomic E-state index is 12.9. The van der Waals surface area contributed by atoms with E-state index in [0.29, 0.717) is 12.1 Å². The summed E-state index contributed by atoms with van der Waals surface area (Å²) in [4.78, 5) is 39.0. The lowest BCUT2D eigenvalue weighted by atomic mass is 10.1. The van der Waals surface area contributed by atoms with Gasteiger partial charge in [-0.25, -0.2) is 0 Å². The number of rotatable bonds is 5. The first-order chi connectivity index (χ1) is 11.4. The van der Waals surface area contributed by atoms with E-state index in [0.717, 1.165) is 30.5 Å². The zero-order valence-corrected chi connectivity index (χ0v) is 14.0. The van der Waals surface area contributed by atoms with Crippen LogP contribution in [0.25, 0.3) is 0 Å². The van der Waals surface area contributed by atoms with Crippen LogP contribution in [0.15, 0.2) is 18.2 Å². The van der Waals surface area contributed by atoms with Gasteiger partial charge < -0.3 is 14.9 Å². The summed E-state index contributed by atoms with van der Waals surface area (Å²) in [5.74, 6) is -1.59. The first kappa shape index (κ1) is 16.5. The number of carboxylic acids is 1. The van der Waals surface area contributed by atoms with Gasteiger partial charge in [-0.2, -0.15) is 0 Å². The molecule has 1 aliphatic heterocycles. The van der Waals surface area contributed by atoms with Crippen molar-refractivity contribution in [3.05, 3.63) is 29.3 Å². The highest BCUT2D eigenvalue weighted by molar-refractivity contribution is 5.98. The van der Waals surface area contributed by atoms with Gasteiger partial charge in [-0.3, -0.25) is 14.4 Å². The van der Waals surface area contributed by atoms with E-state index in [-0.39, 0.29) is 24.4 Å². The van der Waals surface area contributed by atoms with Crippen LogP contribution in [0, 0.1) is 5.92 Å². The summed E-state index contributed by atoms with van der Waals surface area (Å²) in [6, 6.07) is 5.56. The molecule has 1 N–H and O–H groups in total. The molecule has 1 saturated carbocycles. The molecule has 1 aromatic rings. The average molecular weight is 330 g/mol. The van der Waals surface area contributed by atoms with Gasteiger partial charge in [0, 0.05) is 37.3 Å². The Balaban J connectivity index is 1.81. The predicted molar refractivity (Wildman–Crippen MR) is 89.0 cm³/mol. The zero-order valence-electron chi connectivity index (χ0n) is 14.0. The number of hydrogen-bond acceptors (Lipinski definition) is 3. The van der Waals surface area contributed by atoms with Crippen molar-refractivity contribution in [2.45, 2.75) is 39.2 Å². The number of carboxylic acid groups (broad SMARTS) is 1. The Hall–Kier alpha value is -2.37. The third-order valence-corrected chi connectivity index (χ3v) is 4.74. The molecule has 2 amide bonds. The van der Waals surface area contributed by atoms with E-state index in [2.05, 4.69) is 0 Å². The molecule has 0 bridgehead atoms. The monoisotopic (exact) mass is 330 g/mol. The predicted octanol–water partition coefficient (Wildman–Crippen LogP) is 1.92. The molecule has 1 heterocycles. The van der Waals surface area contributed by atoms with Crippen LogP contribution in [0.5, 0.6) is 0 Å². The summed E-state index contributed by atoms with van der Waals surface area (Å²) < 4.78 is 0. The van der Waals surface area contributed by atoms with Gasteiger partial charge in [0.1, 0.15) is 0 Å². The van der Waals surface area contributed by atoms with Gasteiger partial charge >= 0.3 is 5.97 Å². The topological polar surface area (TPSA) is 77.9 Å². The highest BCUT2D eigenvalue weighted by Crippen LogP contribution is 2.32. The van der Waals surface area contributed by atoms with Crippen LogP contribution < -0.4 is 4.90 Å². The molecule has 128 valence electrons. The third-order valence-electron chi connectivity index (χ3n) is 4.74. The number of aliphatic carboxylic acids is 1. The number of benzene rings is 1. The summed E-state index contributed by atoms with van der Waals surface area (Å²) >= 11 is 0. The summed E-state index contributed by atoms with van der Waals surface area (Å²) in [6.45, 7) is 4.04. The Bertz CT molecular complexity index is 696. The van der Waals surface area contributed by atoms with E-state index in [1.165, 1.54) is 6.92 Å². The van der Waals surface area contributed by atoms with Crippen LogP contribution in [0.3, 0.4) is 0 Å². The van der Waals surface area contributed by atoms with Crippen LogP contribution in [0.1, 0.15) is 42.6 Å². The normalized spacial score (nSPS) is 17.3. The Morgan fingerprint density at radius 2 is 2.04 bits per heavy atom. The van der Waals surface area contributed by atoms with Gasteiger partial charge in [0.05, 0.1) is 5.92 Å². The number of carbonyl (C=O) groups excluding carboxylic acids is 2. The molecular weight excluding hydrogens is 308 g/mol. The van der Waals surface area contributed by atoms with Crippen molar-refractivity contribution < 1.29 is 19.5 Å². The molecule has 24 heavy (non-hydrogen) atoms. The van der Waals surface area contributed by atoms with Gasteiger partial charge in [0.15, 0.2) is 0 Å². The fraction of sp³-hybridized carbons (Fsp3) is 0.500. The van der Waals surface area contributed by atoms with E-state index in [1.54, 1.807) is 22.8 Å². The minimum absolute atomic E-state index is 0.00252. The van der Waals surface area contributed by atoms with Crippen molar-refractivity contribution >= 4 is 23.5 Å². The maximum Gasteiger partial charge on any atom is 0.308 e. The Morgan fingerprint density at radius 3 is 2.62 bits per heavy atom. The number of hydrogen-bond donors (Lipinski definition) is 1. The zero-order chi connectivity index (χ0) is 17.4. The third kappa shape index (κ3) is 3.13. The average Bonchev–Trinajstić information content (AvgIpc) is 3.29. The first-order valence-electron chi connectivity index (χ1n) is 8.33. The van der Waals surface area contributed by atoms with Crippen LogP contribution in [0.4, 0.5) is 5.69 Å². The summed E-state index contributed by atoms with van der Waals surface area (Å²) in [6.07, 6.45) is 2.60. The quantitative estimate of drug-likeness (QED) is 0.895. The van der Waals surface area contributed by atoms with E-state index >= 15 is 0 Å². The van der Waals surface area contributed by atoms with Crippen molar-refractivity contribution in [2.75, 3.05) is 18.0 Å². The van der Waals surface area contributed by atoms with Crippen molar-refractivity contribution in [1.82, 2.24) is 4.90 Å². The van der Waals surface area contributed by atoms with Crippen LogP contribution in [0.2, 0.25) is 0 Å². The minimum Gasteiger partial charge on any atom is -0.481 e. The fourth-order valence-corrected chi connectivity index (χ4v) is 3.18. The Morgan fingerprint density at radius 1 is 1.33 bits per heavy atom. The molecule has 6 nitrogen and oxygen atoms in total. The molecule has 1 fully saturated rings. The van der Waals surface area contributed by atoms with Crippen molar-refractivity contribution in [1.29, 1.82) is 0 Å². The van der Waals surface area contributed by atoms with Crippen LogP contribution in [-0.2, 0) is 16.0 Å². The molecule has 0 saturated heterocycles. The van der Waals surface area contributed by atoms with Crippen LogP contribution >= 0.6 is 0 Å². The second kappa shape index (κ2) is 6.26. The minimum atomic E-state index is -0.889. The van der Waals surface area contributed by atoms with E-state index < -0.39 is 11.9 Å². The molecule has 6 heteroatoms. The largest absolute Gasteiger partial charge is 0.481 e. The lowest BCUT2D eigenvalue weighted by Gasteiger charge is -2.25. The highest BCUT2D eigenvalue weighted by Gasteiger charge is 2.35. The fourth-order valence-electron chi connectivity index (χ4n) is 3.18. The number of carbonyl (C=O) groups is 3. The number of anilines is 1. The standard InChI is InChI=1S/C18H22N2O4/c1-11(18(23)24)10-20(15-4-5-15)17(22)14-3-6-16-13(9-14)7-8-19(16)12(2)21/h3,6,9,11,15H,4-5,7-8,10H2,1-2H3,(H,23,24)/t11-/m0/s1. The molecule has 1 aromatic carbocycles. The van der Waals surface area contributed by atoms with Crippen molar-refractivity contribution in [3.63, 3.8) is 0 Å². The summed E-state index contributed by atoms with van der Waals surface area (Å²) in [7, 11) is 0. The number of nitrogens with zero attached hydrogens (tertiary/aromatic N) is 2. The smallest absolute Gasteiger partial charge is 0.308 e. The second-order valence-corrected chi connectivity index (χ2v) is 6.69. The van der Waals surface area contributed by atoms with E-state index in [4.69, 9.17) is 5.11 Å². The van der Waals surface area contributed by atoms with Gasteiger partial charge in [0.2, 0.25) is 5.91 Å². The molecular formula is C18H22N2O4. The van der Waals surface area contributed by atoms with Crippen molar-refractivity contribution in [3.8, 4) is 0 Å². The Kier molecular flexibility index (Phi) is 4.30. The lowest BCUT2D eigenvalue weighted by Crippen LogP contribution is -2.38. The molecule has 0 unspecified atom stereocenters. The van der Waals surface area contributed by atoms with E-state index in [1.807, 2.05) is 12.1 Å². The summed E-state index contributed by atoms with van der Waals surface area (Å²) in [5.41, 5.74) is 2.44. The first-order valence-corrected chi connectivity index (χ1v) is 8.33. The molecule has 0 spiro atoms. The Labute approximate surface area is 141 Å². The molecule has 2 aliphatic rings. The van der Waals surface area contributed by atoms with Gasteiger partial charge in [-0.1, -0.05) is 6.92 Å². The molecule has 0 aromatic heterocycles. The number of amides is 2. The lowest BCUT2D eigenvalue weighted by molar-refractivity contribution is -0.141. The van der Waals surface area contributed by atoms with E-state index in [9.17, 15) is 14.4 Å². The second-order valence-electron chi connectivity index (χ2n) is 6.69. The SMILES string of the molecule is CC(=O)N1CCc2cc(C(=O)N(C[C@H](C)C(=O)O)C3CC3)ccc21. The molecule has 3 rings (SSSR count). The van der Waals surface area contributed by atoms with Crippen LogP contribution in [-0.4, -0.2) is 46.9 Å². The molecule has 0 radical (unpaired) electrons. The number of fused-ring (bicyclic) bond motifs is 1. The molecule has 1 atom stereocenters.